The van der Waals surface area contributed by atoms with Crippen molar-refractivity contribution < 1.29 is 18.8 Å². The largest absolute Gasteiger partial charge is 0.495 e. The number of carbonyl (C=O) groups is 1. The minimum Gasteiger partial charge on any atom is -0.495 e. The number of aromatic amines is 1. The van der Waals surface area contributed by atoms with Gasteiger partial charge < -0.3 is 14.5 Å². The van der Waals surface area contributed by atoms with E-state index in [1.165, 1.54) is 5.56 Å². The number of ether oxygens (including phenoxy) is 2. The summed E-state index contributed by atoms with van der Waals surface area (Å²) in [4.78, 5) is 16.6. The van der Waals surface area contributed by atoms with Gasteiger partial charge in [-0.1, -0.05) is 50.2 Å². The van der Waals surface area contributed by atoms with Crippen molar-refractivity contribution in [3.05, 3.63) is 83.3 Å². The lowest BCUT2D eigenvalue weighted by molar-refractivity contribution is -0.441. The van der Waals surface area contributed by atoms with E-state index in [0.717, 1.165) is 27.9 Å². The van der Waals surface area contributed by atoms with Gasteiger partial charge in [0, 0.05) is 47.5 Å². The molecule has 0 spiro atoms. The molecule has 3 aromatic rings. The fraction of sp³-hybridized carbons (Fsp3) is 0.310. The van der Waals surface area contributed by atoms with Gasteiger partial charge in [0.15, 0.2) is 12.3 Å². The van der Waals surface area contributed by atoms with Crippen LogP contribution in [0, 0.1) is 0 Å². The number of allylic oxidation sites excluding steroid dienone is 3. The van der Waals surface area contributed by atoms with Gasteiger partial charge in [0.25, 0.3) is 0 Å². The van der Waals surface area contributed by atoms with Crippen LogP contribution in [0.15, 0.2) is 72.1 Å². The number of methoxy groups -OCH3 is 2. The van der Waals surface area contributed by atoms with Crippen molar-refractivity contribution in [1.82, 2.24) is 4.98 Å². The molecule has 2 aliphatic rings. The number of carbonyl (C=O) groups excluding carboxylic acids is 1. The molecular formula is C29H33N2O3+. The highest BCUT2D eigenvalue weighted by Crippen LogP contribution is 2.44. The second-order valence-corrected chi connectivity index (χ2v) is 8.72. The van der Waals surface area contributed by atoms with E-state index in [2.05, 4.69) is 47.7 Å². The maximum atomic E-state index is 13.4. The van der Waals surface area contributed by atoms with Gasteiger partial charge in [0.2, 0.25) is 11.5 Å². The van der Waals surface area contributed by atoms with Crippen molar-refractivity contribution >= 4 is 33.7 Å². The Morgan fingerprint density at radius 1 is 1.03 bits per heavy atom. The zero-order valence-corrected chi connectivity index (χ0v) is 20.9. The van der Waals surface area contributed by atoms with Crippen LogP contribution in [0.25, 0.3) is 16.5 Å². The second-order valence-electron chi connectivity index (χ2n) is 8.72. The SMILES string of the molecule is CC.COCC[N+]1=C(/C=C2\C(=O)C(c3c[nH]c4ccccc34)=C2OC)C(C)(C)c2ccccc21. The summed E-state index contributed by atoms with van der Waals surface area (Å²) in [5.41, 5.74) is 6.37. The van der Waals surface area contributed by atoms with Crippen LogP contribution in [0.4, 0.5) is 5.69 Å². The molecule has 1 N–H and O–H groups in total. The number of aromatic nitrogens is 1. The molecule has 1 aromatic heterocycles. The summed E-state index contributed by atoms with van der Waals surface area (Å²) in [7, 11) is 3.34. The van der Waals surface area contributed by atoms with E-state index in [1.807, 2.05) is 50.4 Å². The van der Waals surface area contributed by atoms with Gasteiger partial charge in [-0.15, -0.1) is 0 Å². The van der Waals surface area contributed by atoms with Crippen LogP contribution in [-0.2, 0) is 19.7 Å². The molecular weight excluding hydrogens is 424 g/mol. The van der Waals surface area contributed by atoms with E-state index >= 15 is 0 Å². The number of para-hydroxylation sites is 2. The standard InChI is InChI=1S/C27H26N2O3.C2H6/c1-27(2)20-10-6-8-12-22(20)29(13-14-31-3)23(27)15-18-25(30)24(26(18)32-4)19-16-28-21-11-7-5-9-17(19)21;1-2/h5-12,15-16H,13-14H2,1-4H3;1-2H3/p+1. The Labute approximate surface area is 201 Å². The van der Waals surface area contributed by atoms with Crippen LogP contribution in [0.2, 0.25) is 0 Å². The monoisotopic (exact) mass is 457 g/mol. The van der Waals surface area contributed by atoms with Crippen LogP contribution in [0.1, 0.15) is 38.8 Å². The Balaban J connectivity index is 0.00000133. The molecule has 5 rings (SSSR count). The van der Waals surface area contributed by atoms with Crippen molar-refractivity contribution in [2.75, 3.05) is 27.4 Å². The second kappa shape index (κ2) is 9.43. The molecule has 1 aliphatic heterocycles. The number of benzene rings is 2. The van der Waals surface area contributed by atoms with E-state index in [-0.39, 0.29) is 11.2 Å². The zero-order valence-electron chi connectivity index (χ0n) is 20.9. The number of fused-ring (bicyclic) bond motifs is 2. The number of Topliss-reactive ketones (excluding diaryl/α,β-unsaturated/α-hetero) is 1. The lowest BCUT2D eigenvalue weighted by atomic mass is 9.77. The van der Waals surface area contributed by atoms with Crippen LogP contribution < -0.4 is 0 Å². The summed E-state index contributed by atoms with van der Waals surface area (Å²) >= 11 is 0. The van der Waals surface area contributed by atoms with E-state index < -0.39 is 0 Å². The topological polar surface area (TPSA) is 54.3 Å². The van der Waals surface area contributed by atoms with Crippen molar-refractivity contribution in [3.8, 4) is 0 Å². The van der Waals surface area contributed by atoms with Crippen LogP contribution >= 0.6 is 0 Å². The average molecular weight is 458 g/mol. The van der Waals surface area contributed by atoms with Gasteiger partial charge in [0.1, 0.15) is 12.4 Å². The third-order valence-electron chi connectivity index (χ3n) is 6.61. The number of hydrogen-bond acceptors (Lipinski definition) is 3. The van der Waals surface area contributed by atoms with Crippen molar-refractivity contribution in [2.24, 2.45) is 0 Å². The molecule has 0 atom stereocenters. The minimum atomic E-state index is -0.243. The highest BCUT2D eigenvalue weighted by atomic mass is 16.5. The molecule has 0 amide bonds. The summed E-state index contributed by atoms with van der Waals surface area (Å²) < 4.78 is 13.4. The molecule has 0 saturated heterocycles. The number of rotatable bonds is 6. The number of H-pyrrole nitrogens is 1. The normalized spacial score (nSPS) is 17.6. The molecule has 1 aliphatic carbocycles. The first-order chi connectivity index (χ1) is 16.5. The highest BCUT2D eigenvalue weighted by molar-refractivity contribution is 6.41. The van der Waals surface area contributed by atoms with Crippen LogP contribution in [0.3, 0.4) is 0 Å². The molecule has 0 radical (unpaired) electrons. The maximum Gasteiger partial charge on any atom is 0.209 e. The average Bonchev–Trinajstić information content (AvgIpc) is 3.37. The Bertz CT molecular complexity index is 1340. The molecule has 2 aromatic carbocycles. The fourth-order valence-corrected chi connectivity index (χ4v) is 4.94. The summed E-state index contributed by atoms with van der Waals surface area (Å²) in [6, 6.07) is 16.4. The van der Waals surface area contributed by atoms with Crippen molar-refractivity contribution in [1.29, 1.82) is 0 Å². The first kappa shape index (κ1) is 23.7. The molecule has 5 nitrogen and oxygen atoms in total. The molecule has 34 heavy (non-hydrogen) atoms. The van der Waals surface area contributed by atoms with E-state index in [1.54, 1.807) is 14.2 Å². The Morgan fingerprint density at radius 3 is 2.47 bits per heavy atom. The summed E-state index contributed by atoms with van der Waals surface area (Å²) in [6.45, 7) is 9.71. The smallest absolute Gasteiger partial charge is 0.209 e. The van der Waals surface area contributed by atoms with Crippen LogP contribution in [0.5, 0.6) is 0 Å². The summed E-state index contributed by atoms with van der Waals surface area (Å²) in [5.74, 6) is 0.656. The van der Waals surface area contributed by atoms with Crippen molar-refractivity contribution in [2.45, 2.75) is 33.1 Å². The molecule has 0 fully saturated rings. The van der Waals surface area contributed by atoms with Gasteiger partial charge in [-0.3, -0.25) is 4.79 Å². The first-order valence-corrected chi connectivity index (χ1v) is 11.8. The van der Waals surface area contributed by atoms with E-state index in [9.17, 15) is 4.79 Å². The summed E-state index contributed by atoms with van der Waals surface area (Å²) in [5, 5.41) is 1.02. The maximum absolute atomic E-state index is 13.4. The third kappa shape index (κ3) is 3.61. The number of nitrogens with one attached hydrogen (secondary N) is 1. The predicted octanol–water partition coefficient (Wildman–Crippen LogP) is 5.78. The Hall–Kier alpha value is -3.44. The molecule has 5 heteroatoms. The van der Waals surface area contributed by atoms with Crippen molar-refractivity contribution in [3.63, 3.8) is 0 Å². The van der Waals surface area contributed by atoms with Crippen LogP contribution in [-0.4, -0.2) is 48.4 Å². The number of nitrogens with zero attached hydrogens (tertiary/aromatic N) is 1. The zero-order chi connectivity index (χ0) is 24.5. The number of hydrogen-bond donors (Lipinski definition) is 1. The van der Waals surface area contributed by atoms with Gasteiger partial charge in [-0.25, -0.2) is 0 Å². The lowest BCUT2D eigenvalue weighted by Crippen LogP contribution is -2.31. The molecule has 176 valence electrons. The predicted molar refractivity (Wildman–Crippen MR) is 138 cm³/mol. The minimum absolute atomic E-state index is 0.0116. The van der Waals surface area contributed by atoms with Gasteiger partial charge in [0.05, 0.1) is 23.7 Å². The number of ketones is 1. The van der Waals surface area contributed by atoms with Gasteiger partial charge in [-0.2, -0.15) is 4.58 Å². The molecule has 0 saturated carbocycles. The van der Waals surface area contributed by atoms with E-state index in [4.69, 9.17) is 9.47 Å². The third-order valence-corrected chi connectivity index (χ3v) is 6.61. The van der Waals surface area contributed by atoms with E-state index in [0.29, 0.717) is 30.1 Å². The first-order valence-electron chi connectivity index (χ1n) is 11.8. The fourth-order valence-electron chi connectivity index (χ4n) is 4.94. The molecule has 0 unspecified atom stereocenters. The quantitative estimate of drug-likeness (QED) is 0.377. The highest BCUT2D eigenvalue weighted by Gasteiger charge is 2.46. The Kier molecular flexibility index (Phi) is 6.58. The van der Waals surface area contributed by atoms with Gasteiger partial charge >= 0.3 is 0 Å². The lowest BCUT2D eigenvalue weighted by Gasteiger charge is -2.25. The molecule has 0 bridgehead atoms. The summed E-state index contributed by atoms with van der Waals surface area (Å²) in [6.07, 6.45) is 3.90. The Morgan fingerprint density at radius 2 is 1.74 bits per heavy atom. The van der Waals surface area contributed by atoms with Gasteiger partial charge in [-0.05, 0) is 19.9 Å². The molecule has 2 heterocycles.